The highest BCUT2D eigenvalue weighted by molar-refractivity contribution is 7.89. The van der Waals surface area contributed by atoms with Crippen LogP contribution < -0.4 is 4.90 Å². The Hall–Kier alpha value is -2.94. The Morgan fingerprint density at radius 1 is 1.06 bits per heavy atom. The first-order valence-corrected chi connectivity index (χ1v) is 12.3. The number of sulfonamides is 1. The maximum absolute atomic E-state index is 13.5. The lowest BCUT2D eigenvalue weighted by atomic mass is 10.0. The molecule has 1 aliphatic heterocycles. The second-order valence-corrected chi connectivity index (χ2v) is 10.4. The van der Waals surface area contributed by atoms with E-state index in [-0.39, 0.29) is 17.9 Å². The maximum Gasteiger partial charge on any atom is 0.252 e. The van der Waals surface area contributed by atoms with E-state index in [1.807, 2.05) is 26.0 Å². The first-order chi connectivity index (χ1) is 15.7. The number of amides is 2. The molecule has 1 fully saturated rings. The highest BCUT2D eigenvalue weighted by atomic mass is 35.5. The summed E-state index contributed by atoms with van der Waals surface area (Å²) in [6.45, 7) is 3.90. The van der Waals surface area contributed by atoms with E-state index >= 15 is 0 Å². The van der Waals surface area contributed by atoms with Crippen LogP contribution in [0.25, 0.3) is 0 Å². The zero-order valence-electron chi connectivity index (χ0n) is 18.1. The van der Waals surface area contributed by atoms with Crippen LogP contribution in [0, 0.1) is 0 Å². The molecule has 172 valence electrons. The van der Waals surface area contributed by atoms with E-state index in [0.717, 1.165) is 14.8 Å². The predicted octanol–water partition coefficient (Wildman–Crippen LogP) is 4.58. The number of anilines is 1. The lowest BCUT2D eigenvalue weighted by Gasteiger charge is -2.26. The monoisotopic (exact) mass is 486 g/mol. The fraction of sp³-hybridized carbons (Fsp3) is 0.250. The third-order valence-electron chi connectivity index (χ3n) is 5.60. The Morgan fingerprint density at radius 2 is 1.73 bits per heavy atom. The minimum atomic E-state index is -4.14. The van der Waals surface area contributed by atoms with Gasteiger partial charge >= 0.3 is 0 Å². The molecule has 0 spiro atoms. The topological polar surface area (TPSA) is 87.9 Å². The Morgan fingerprint density at radius 3 is 2.30 bits per heavy atom. The fourth-order valence-electron chi connectivity index (χ4n) is 3.78. The van der Waals surface area contributed by atoms with Crippen LogP contribution >= 0.6 is 11.6 Å². The van der Waals surface area contributed by atoms with Gasteiger partial charge in [0.2, 0.25) is 15.9 Å². The van der Waals surface area contributed by atoms with Crippen molar-refractivity contribution in [3.63, 3.8) is 0 Å². The van der Waals surface area contributed by atoms with Crippen molar-refractivity contribution in [3.05, 3.63) is 83.3 Å². The lowest BCUT2D eigenvalue weighted by molar-refractivity contribution is -0.122. The lowest BCUT2D eigenvalue weighted by Crippen LogP contribution is -2.45. The van der Waals surface area contributed by atoms with E-state index in [4.69, 9.17) is 16.0 Å². The van der Waals surface area contributed by atoms with Crippen LogP contribution in [0.4, 0.5) is 5.69 Å². The molecule has 1 saturated heterocycles. The molecular formula is C24H23ClN2O5S. The van der Waals surface area contributed by atoms with Gasteiger partial charge in [0.15, 0.2) is 0 Å². The SMILES string of the molecule is CC(C)c1ccc(N2C(=O)CC(N(Cc3ccco3)S(=O)(=O)c3ccc(Cl)cc3)C2=O)cc1. The zero-order chi connectivity index (χ0) is 23.8. The summed E-state index contributed by atoms with van der Waals surface area (Å²) in [7, 11) is -4.14. The standard InChI is InChI=1S/C24H23ClN2O5S/c1-16(2)17-5-9-19(10-6-17)27-23(28)14-22(24(27)29)26(15-20-4-3-13-32-20)33(30,31)21-11-7-18(25)8-12-21/h3-13,16,22H,14-15H2,1-2H3. The molecule has 2 amide bonds. The molecule has 9 heteroatoms. The quantitative estimate of drug-likeness (QED) is 0.456. The molecular weight excluding hydrogens is 464 g/mol. The molecule has 1 aromatic heterocycles. The molecule has 2 aromatic carbocycles. The normalized spacial score (nSPS) is 16.9. The van der Waals surface area contributed by atoms with Crippen molar-refractivity contribution in [2.45, 2.75) is 43.7 Å². The van der Waals surface area contributed by atoms with Crippen molar-refractivity contribution in [2.24, 2.45) is 0 Å². The number of benzene rings is 2. The van der Waals surface area contributed by atoms with Crippen molar-refractivity contribution in [1.82, 2.24) is 4.31 Å². The van der Waals surface area contributed by atoms with Crippen LogP contribution in [0.15, 0.2) is 76.2 Å². The van der Waals surface area contributed by atoms with Gasteiger partial charge in [-0.1, -0.05) is 37.6 Å². The van der Waals surface area contributed by atoms with Crippen molar-refractivity contribution in [2.75, 3.05) is 4.90 Å². The average molecular weight is 487 g/mol. The van der Waals surface area contributed by atoms with Crippen LogP contribution in [0.5, 0.6) is 0 Å². The smallest absolute Gasteiger partial charge is 0.252 e. The molecule has 2 heterocycles. The van der Waals surface area contributed by atoms with E-state index < -0.39 is 27.9 Å². The Labute approximate surface area is 197 Å². The second-order valence-electron chi connectivity index (χ2n) is 8.12. The fourth-order valence-corrected chi connectivity index (χ4v) is 5.45. The van der Waals surface area contributed by atoms with Crippen molar-refractivity contribution in [3.8, 4) is 0 Å². The first-order valence-electron chi connectivity index (χ1n) is 10.4. The van der Waals surface area contributed by atoms with Gasteiger partial charge in [-0.15, -0.1) is 0 Å². The molecule has 1 aliphatic rings. The average Bonchev–Trinajstić information content (AvgIpc) is 3.39. The predicted molar refractivity (Wildman–Crippen MR) is 124 cm³/mol. The van der Waals surface area contributed by atoms with E-state index in [9.17, 15) is 18.0 Å². The number of carbonyl (C=O) groups is 2. The number of carbonyl (C=O) groups excluding carboxylic acids is 2. The number of halogens is 1. The van der Waals surface area contributed by atoms with E-state index in [2.05, 4.69) is 0 Å². The molecule has 0 aliphatic carbocycles. The van der Waals surface area contributed by atoms with Gasteiger partial charge < -0.3 is 4.42 Å². The number of hydrogen-bond donors (Lipinski definition) is 0. The Kier molecular flexibility index (Phi) is 6.43. The summed E-state index contributed by atoms with van der Waals surface area (Å²) < 4.78 is 33.4. The van der Waals surface area contributed by atoms with Crippen LogP contribution in [-0.2, 0) is 26.2 Å². The van der Waals surface area contributed by atoms with Gasteiger partial charge in [0.1, 0.15) is 11.8 Å². The molecule has 0 saturated carbocycles. The first kappa shape index (κ1) is 23.2. The third kappa shape index (κ3) is 4.59. The molecule has 4 rings (SSSR count). The molecule has 0 N–H and O–H groups in total. The van der Waals surface area contributed by atoms with Gasteiger partial charge in [-0.25, -0.2) is 13.3 Å². The second kappa shape index (κ2) is 9.13. The van der Waals surface area contributed by atoms with Crippen LogP contribution in [0.1, 0.15) is 37.5 Å². The Bertz CT molecular complexity index is 1250. The van der Waals surface area contributed by atoms with Crippen molar-refractivity contribution < 1.29 is 22.4 Å². The van der Waals surface area contributed by atoms with Crippen LogP contribution in [-0.4, -0.2) is 30.6 Å². The van der Waals surface area contributed by atoms with Crippen molar-refractivity contribution in [1.29, 1.82) is 0 Å². The van der Waals surface area contributed by atoms with Gasteiger partial charge in [-0.3, -0.25) is 9.59 Å². The van der Waals surface area contributed by atoms with Gasteiger partial charge in [0.25, 0.3) is 5.91 Å². The van der Waals surface area contributed by atoms with E-state index in [0.29, 0.717) is 22.4 Å². The summed E-state index contributed by atoms with van der Waals surface area (Å²) in [4.78, 5) is 27.3. The van der Waals surface area contributed by atoms with E-state index in [1.165, 1.54) is 30.5 Å². The molecule has 33 heavy (non-hydrogen) atoms. The molecule has 1 atom stereocenters. The summed E-state index contributed by atoms with van der Waals surface area (Å²) in [5, 5.41) is 0.384. The summed E-state index contributed by atoms with van der Waals surface area (Å²) in [6.07, 6.45) is 1.16. The number of rotatable bonds is 7. The summed E-state index contributed by atoms with van der Waals surface area (Å²) in [5.74, 6) is -0.406. The van der Waals surface area contributed by atoms with Crippen molar-refractivity contribution >= 4 is 39.1 Å². The highest BCUT2D eigenvalue weighted by Crippen LogP contribution is 2.31. The zero-order valence-corrected chi connectivity index (χ0v) is 19.7. The number of furan rings is 1. The summed E-state index contributed by atoms with van der Waals surface area (Å²) in [5.41, 5.74) is 1.48. The Balaban J connectivity index is 1.70. The molecule has 7 nitrogen and oxygen atoms in total. The van der Waals surface area contributed by atoms with Crippen LogP contribution in [0.3, 0.4) is 0 Å². The summed E-state index contributed by atoms with van der Waals surface area (Å²) in [6, 6.07) is 14.8. The maximum atomic E-state index is 13.5. The minimum absolute atomic E-state index is 0.0292. The minimum Gasteiger partial charge on any atom is -0.468 e. The molecule has 0 radical (unpaired) electrons. The molecule has 0 bridgehead atoms. The van der Waals surface area contributed by atoms with E-state index in [1.54, 1.807) is 24.3 Å². The third-order valence-corrected chi connectivity index (χ3v) is 7.72. The number of hydrogen-bond acceptors (Lipinski definition) is 5. The van der Waals surface area contributed by atoms with Crippen LogP contribution in [0.2, 0.25) is 5.02 Å². The van der Waals surface area contributed by atoms with Gasteiger partial charge in [0.05, 0.1) is 29.8 Å². The largest absolute Gasteiger partial charge is 0.468 e. The van der Waals surface area contributed by atoms with Gasteiger partial charge in [0, 0.05) is 5.02 Å². The van der Waals surface area contributed by atoms with Gasteiger partial charge in [-0.05, 0) is 60.0 Å². The number of nitrogens with zero attached hydrogens (tertiary/aromatic N) is 2. The van der Waals surface area contributed by atoms with Gasteiger partial charge in [-0.2, -0.15) is 4.31 Å². The number of imide groups is 1. The summed E-state index contributed by atoms with van der Waals surface area (Å²) >= 11 is 5.91. The highest BCUT2D eigenvalue weighted by Gasteiger charge is 2.47. The molecule has 3 aromatic rings. The molecule has 1 unspecified atom stereocenters.